The Morgan fingerprint density at radius 1 is 1.09 bits per heavy atom. The fraction of sp³-hybridized carbons (Fsp3) is 0.143. The molecule has 4 bridgehead atoms. The summed E-state index contributed by atoms with van der Waals surface area (Å²) in [6, 6.07) is 6.64. The molecule has 1 N–H and O–H groups in total. The van der Waals surface area contributed by atoms with Gasteiger partial charge >= 0.3 is 5.97 Å². The number of carbonyl (C=O) groups is 1. The minimum atomic E-state index is -4.55. The first-order valence-electron chi connectivity index (χ1n) is 9.36. The van der Waals surface area contributed by atoms with Crippen LogP contribution in [-0.2, 0) is 14.8 Å². The van der Waals surface area contributed by atoms with Crippen molar-refractivity contribution in [2.45, 2.75) is 4.90 Å². The van der Waals surface area contributed by atoms with Gasteiger partial charge in [0, 0.05) is 23.4 Å². The van der Waals surface area contributed by atoms with Crippen molar-refractivity contribution in [2.24, 2.45) is 0 Å². The number of benzene rings is 2. The first-order valence-corrected chi connectivity index (χ1v) is 11.2. The van der Waals surface area contributed by atoms with Gasteiger partial charge in [0.2, 0.25) is 5.88 Å². The summed E-state index contributed by atoms with van der Waals surface area (Å²) in [5.41, 5.74) is -0.766. The molecule has 1 aliphatic heterocycles. The van der Waals surface area contributed by atoms with E-state index in [0.717, 1.165) is 12.1 Å². The number of anilines is 1. The standard InChI is InChI=1S/C21H15ClF2N2O6S/c1-30-19-14(22)7-11-8-18(19)33(28,29)26-17-9-13(15(23)10-16(17)24)12-3-2-4-25-20(12)31-5-6-32-21(11)27/h2-4,7-10,26H,5-6H2,1H3. The summed E-state index contributed by atoms with van der Waals surface area (Å²) in [7, 11) is -3.38. The summed E-state index contributed by atoms with van der Waals surface area (Å²) < 4.78 is 73.3. The van der Waals surface area contributed by atoms with E-state index in [0.29, 0.717) is 6.07 Å². The monoisotopic (exact) mass is 496 g/mol. The number of hydrogen-bond acceptors (Lipinski definition) is 7. The minimum absolute atomic E-state index is 0.0204. The van der Waals surface area contributed by atoms with E-state index in [9.17, 15) is 22.0 Å². The van der Waals surface area contributed by atoms with E-state index in [1.165, 1.54) is 31.5 Å². The van der Waals surface area contributed by atoms with Crippen LogP contribution in [0.25, 0.3) is 11.1 Å². The van der Waals surface area contributed by atoms with Gasteiger partial charge in [-0.25, -0.2) is 27.0 Å². The fourth-order valence-corrected chi connectivity index (χ4v) is 4.81. The highest BCUT2D eigenvalue weighted by Crippen LogP contribution is 2.37. The van der Waals surface area contributed by atoms with Crippen LogP contribution in [0.1, 0.15) is 10.4 Å². The van der Waals surface area contributed by atoms with Crippen LogP contribution in [0, 0.1) is 11.6 Å². The summed E-state index contributed by atoms with van der Waals surface area (Å²) in [5, 5.41) is -0.190. The molecule has 33 heavy (non-hydrogen) atoms. The second kappa shape index (κ2) is 8.83. The molecule has 0 atom stereocenters. The Bertz CT molecular complexity index is 1370. The zero-order valence-corrected chi connectivity index (χ0v) is 18.5. The number of fused-ring (bicyclic) bond motifs is 6. The molecule has 0 saturated carbocycles. The number of carbonyl (C=O) groups excluding carboxylic acids is 1. The maximum atomic E-state index is 14.7. The van der Waals surface area contributed by atoms with Crippen LogP contribution in [0.4, 0.5) is 14.5 Å². The SMILES string of the molecule is COc1c(Cl)cc2cc1S(=O)(=O)Nc1cc(c(F)cc1F)-c1cccnc1OCCOC2=O. The van der Waals surface area contributed by atoms with Crippen LogP contribution in [-0.4, -0.2) is 39.7 Å². The Kier molecular flexibility index (Phi) is 6.09. The average molecular weight is 497 g/mol. The molecular weight excluding hydrogens is 482 g/mol. The van der Waals surface area contributed by atoms with Crippen molar-refractivity contribution in [3.05, 3.63) is 64.8 Å². The van der Waals surface area contributed by atoms with Crippen molar-refractivity contribution in [3.8, 4) is 22.8 Å². The van der Waals surface area contributed by atoms with E-state index >= 15 is 0 Å². The Morgan fingerprint density at radius 3 is 2.61 bits per heavy atom. The van der Waals surface area contributed by atoms with E-state index in [2.05, 4.69) is 9.71 Å². The normalized spacial score (nSPS) is 15.1. The Morgan fingerprint density at radius 2 is 1.85 bits per heavy atom. The summed E-state index contributed by atoms with van der Waals surface area (Å²) in [5.74, 6) is -3.31. The van der Waals surface area contributed by atoms with Gasteiger partial charge in [0.05, 0.1) is 23.4 Å². The molecular formula is C21H15ClF2N2O6S. The largest absolute Gasteiger partial charge is 0.494 e. The lowest BCUT2D eigenvalue weighted by Gasteiger charge is -2.15. The van der Waals surface area contributed by atoms with Gasteiger partial charge in [-0.1, -0.05) is 11.6 Å². The predicted molar refractivity (Wildman–Crippen MR) is 114 cm³/mol. The lowest BCUT2D eigenvalue weighted by Crippen LogP contribution is -2.17. The number of cyclic esters (lactones) is 1. The van der Waals surface area contributed by atoms with Gasteiger partial charge in [-0.15, -0.1) is 0 Å². The van der Waals surface area contributed by atoms with E-state index in [1.54, 1.807) is 0 Å². The molecule has 0 spiro atoms. The number of methoxy groups -OCH3 is 1. The molecule has 1 aromatic heterocycles. The molecule has 4 rings (SSSR count). The molecule has 0 fully saturated rings. The van der Waals surface area contributed by atoms with Crippen molar-refractivity contribution in [1.29, 1.82) is 0 Å². The van der Waals surface area contributed by atoms with Gasteiger partial charge in [0.1, 0.15) is 29.7 Å². The van der Waals surface area contributed by atoms with E-state index < -0.39 is 38.2 Å². The first-order chi connectivity index (χ1) is 15.7. The van der Waals surface area contributed by atoms with E-state index in [-0.39, 0.29) is 46.6 Å². The summed E-state index contributed by atoms with van der Waals surface area (Å²) in [6.07, 6.45) is 1.39. The molecule has 1 aliphatic rings. The highest BCUT2D eigenvalue weighted by molar-refractivity contribution is 7.92. The number of halogens is 3. The van der Waals surface area contributed by atoms with E-state index in [1.807, 2.05) is 0 Å². The number of nitrogens with one attached hydrogen (secondary N) is 1. The number of rotatable bonds is 1. The molecule has 2 heterocycles. The smallest absolute Gasteiger partial charge is 0.338 e. The van der Waals surface area contributed by atoms with Crippen molar-refractivity contribution in [2.75, 3.05) is 25.0 Å². The molecule has 12 heteroatoms. The van der Waals surface area contributed by atoms with Crippen LogP contribution in [0.2, 0.25) is 5.02 Å². The Labute approximate surface area is 192 Å². The second-order valence-electron chi connectivity index (χ2n) is 6.75. The number of esters is 1. The third-order valence-corrected chi connectivity index (χ3v) is 6.31. The van der Waals surface area contributed by atoms with Crippen molar-refractivity contribution >= 4 is 33.3 Å². The topological polar surface area (TPSA) is 104 Å². The Hall–Kier alpha value is -3.44. The number of sulfonamides is 1. The van der Waals surface area contributed by atoms with Gasteiger partial charge < -0.3 is 14.2 Å². The van der Waals surface area contributed by atoms with Crippen LogP contribution >= 0.6 is 11.6 Å². The molecule has 3 aromatic rings. The highest BCUT2D eigenvalue weighted by Gasteiger charge is 2.27. The molecule has 0 aliphatic carbocycles. The third kappa shape index (κ3) is 4.41. The second-order valence-corrected chi connectivity index (χ2v) is 8.81. The molecule has 172 valence electrons. The Balaban J connectivity index is 1.94. The predicted octanol–water partition coefficient (Wildman–Crippen LogP) is 4.04. The molecule has 0 unspecified atom stereocenters. The van der Waals surface area contributed by atoms with Crippen LogP contribution < -0.4 is 14.2 Å². The summed E-state index contributed by atoms with van der Waals surface area (Å²) in [6.45, 7) is -0.366. The third-order valence-electron chi connectivity index (χ3n) is 4.66. The summed E-state index contributed by atoms with van der Waals surface area (Å²) >= 11 is 6.12. The van der Waals surface area contributed by atoms with Crippen LogP contribution in [0.3, 0.4) is 0 Å². The molecule has 0 saturated heterocycles. The van der Waals surface area contributed by atoms with Gasteiger partial charge in [-0.2, -0.15) is 0 Å². The van der Waals surface area contributed by atoms with Gasteiger partial charge in [-0.3, -0.25) is 4.72 Å². The number of nitrogens with zero attached hydrogens (tertiary/aromatic N) is 1. The molecule has 0 amide bonds. The zero-order valence-electron chi connectivity index (χ0n) is 16.9. The van der Waals surface area contributed by atoms with Crippen molar-refractivity contribution < 1.29 is 36.2 Å². The highest BCUT2D eigenvalue weighted by atomic mass is 35.5. The van der Waals surface area contributed by atoms with Crippen molar-refractivity contribution in [1.82, 2.24) is 4.98 Å². The first kappa shape index (κ1) is 22.7. The number of pyridine rings is 1. The lowest BCUT2D eigenvalue weighted by molar-refractivity contribution is 0.0448. The van der Waals surface area contributed by atoms with Crippen molar-refractivity contribution in [3.63, 3.8) is 0 Å². The molecule has 8 nitrogen and oxygen atoms in total. The molecule has 0 radical (unpaired) electrons. The summed E-state index contributed by atoms with van der Waals surface area (Å²) in [4.78, 5) is 15.9. The number of hydrogen-bond donors (Lipinski definition) is 1. The minimum Gasteiger partial charge on any atom is -0.494 e. The van der Waals surface area contributed by atoms with Gasteiger partial charge in [-0.05, 0) is 30.3 Å². The van der Waals surface area contributed by atoms with E-state index in [4.69, 9.17) is 25.8 Å². The number of aromatic nitrogens is 1. The lowest BCUT2D eigenvalue weighted by atomic mass is 10.1. The molecule has 2 aromatic carbocycles. The quantitative estimate of drug-likeness (QED) is 0.507. The average Bonchev–Trinajstić information content (AvgIpc) is 2.77. The number of ether oxygens (including phenoxy) is 3. The van der Waals surface area contributed by atoms with Gasteiger partial charge in [0.15, 0.2) is 5.75 Å². The zero-order chi connectivity index (χ0) is 23.8. The maximum Gasteiger partial charge on any atom is 0.338 e. The van der Waals surface area contributed by atoms with Gasteiger partial charge in [0.25, 0.3) is 10.0 Å². The van der Waals surface area contributed by atoms with Crippen LogP contribution in [0.5, 0.6) is 11.6 Å². The fourth-order valence-electron chi connectivity index (χ4n) is 3.18. The maximum absolute atomic E-state index is 14.7. The van der Waals surface area contributed by atoms with Crippen LogP contribution in [0.15, 0.2) is 47.5 Å².